The lowest BCUT2D eigenvalue weighted by atomic mass is 10.1. The van der Waals surface area contributed by atoms with E-state index in [1.807, 2.05) is 0 Å². The van der Waals surface area contributed by atoms with E-state index in [9.17, 15) is 9.59 Å². The molecule has 6 heteroatoms. The normalized spacial score (nSPS) is 9.07. The second-order valence-electron chi connectivity index (χ2n) is 2.60. The maximum absolute atomic E-state index is 10.8. The van der Waals surface area contributed by atoms with Crippen LogP contribution in [-0.2, 0) is 0 Å². The fourth-order valence-electron chi connectivity index (χ4n) is 1.06. The van der Waals surface area contributed by atoms with Crippen LogP contribution in [-0.4, -0.2) is 29.4 Å². The number of aromatic nitrogens is 1. The molecule has 1 aromatic heterocycles. The van der Waals surface area contributed by atoms with E-state index in [4.69, 9.17) is 10.4 Å². The summed E-state index contributed by atoms with van der Waals surface area (Å²) in [6.45, 7) is 0. The average molecular weight is 205 g/mol. The Hall–Kier alpha value is -2.42. The first kappa shape index (κ1) is 10.7. The van der Waals surface area contributed by atoms with Crippen molar-refractivity contribution >= 4 is 18.1 Å². The van der Waals surface area contributed by atoms with Crippen LogP contribution in [0.15, 0.2) is 6.07 Å². The van der Waals surface area contributed by atoms with Crippen LogP contribution in [0.3, 0.4) is 0 Å². The number of hydrogen-bond acceptors (Lipinski definition) is 5. The van der Waals surface area contributed by atoms with Crippen molar-refractivity contribution in [2.45, 2.75) is 0 Å². The zero-order valence-corrected chi connectivity index (χ0v) is 7.81. The van der Waals surface area contributed by atoms with E-state index in [-0.39, 0.29) is 22.6 Å². The van der Waals surface area contributed by atoms with Gasteiger partial charge in [0.05, 0.1) is 5.56 Å². The lowest BCUT2D eigenvalue weighted by molar-refractivity contribution is 0.0697. The number of carbonyl (C=O) groups excluding carboxylic acids is 1. The van der Waals surface area contributed by atoms with Crippen molar-refractivity contribution in [2.24, 2.45) is 0 Å². The summed E-state index contributed by atoms with van der Waals surface area (Å²) >= 11 is 0. The summed E-state index contributed by atoms with van der Waals surface area (Å²) in [6.07, 6.45) is 0.408. The molecular formula is C9H7N3O3. The third-order valence-electron chi connectivity index (χ3n) is 1.75. The summed E-state index contributed by atoms with van der Waals surface area (Å²) < 4.78 is 0. The first-order chi connectivity index (χ1) is 7.13. The van der Waals surface area contributed by atoms with E-state index >= 15 is 0 Å². The topological polar surface area (TPSA) is 103 Å². The molecule has 0 aliphatic carbocycles. The summed E-state index contributed by atoms with van der Waals surface area (Å²) in [5.41, 5.74) is -0.270. The van der Waals surface area contributed by atoms with Gasteiger partial charge in [-0.25, -0.2) is 9.78 Å². The SMILES string of the molecule is CNc1nc(C=O)c(C#N)cc1C(=O)O. The third-order valence-corrected chi connectivity index (χ3v) is 1.75. The first-order valence-corrected chi connectivity index (χ1v) is 3.95. The number of nitrogens with zero attached hydrogens (tertiary/aromatic N) is 2. The highest BCUT2D eigenvalue weighted by atomic mass is 16.4. The number of carbonyl (C=O) groups is 2. The van der Waals surface area contributed by atoms with Crippen molar-refractivity contribution in [3.8, 4) is 6.07 Å². The molecular weight excluding hydrogens is 198 g/mol. The van der Waals surface area contributed by atoms with Gasteiger partial charge in [0.2, 0.25) is 0 Å². The highest BCUT2D eigenvalue weighted by Gasteiger charge is 2.15. The zero-order valence-electron chi connectivity index (χ0n) is 7.81. The molecule has 1 aromatic rings. The first-order valence-electron chi connectivity index (χ1n) is 3.95. The Morgan fingerprint density at radius 3 is 2.80 bits per heavy atom. The highest BCUT2D eigenvalue weighted by molar-refractivity contribution is 5.94. The second-order valence-corrected chi connectivity index (χ2v) is 2.60. The molecule has 0 saturated carbocycles. The maximum atomic E-state index is 10.8. The minimum absolute atomic E-state index is 0.0543. The van der Waals surface area contributed by atoms with Gasteiger partial charge in [-0.2, -0.15) is 5.26 Å². The Morgan fingerprint density at radius 2 is 2.40 bits per heavy atom. The number of rotatable bonds is 3. The molecule has 0 bridgehead atoms. The summed E-state index contributed by atoms with van der Waals surface area (Å²) in [5.74, 6) is -1.15. The summed E-state index contributed by atoms with van der Waals surface area (Å²) in [4.78, 5) is 25.0. The highest BCUT2D eigenvalue weighted by Crippen LogP contribution is 2.16. The molecule has 2 N–H and O–H groups in total. The Kier molecular flexibility index (Phi) is 2.98. The van der Waals surface area contributed by atoms with Gasteiger partial charge in [0.25, 0.3) is 0 Å². The molecule has 1 heterocycles. The number of nitriles is 1. The van der Waals surface area contributed by atoms with Crippen LogP contribution in [0.4, 0.5) is 5.82 Å². The van der Waals surface area contributed by atoms with E-state index in [0.717, 1.165) is 6.07 Å². The minimum Gasteiger partial charge on any atom is -0.478 e. The van der Waals surface area contributed by atoms with Crippen molar-refractivity contribution in [2.75, 3.05) is 12.4 Å². The van der Waals surface area contributed by atoms with Crippen LogP contribution in [0, 0.1) is 11.3 Å². The molecule has 76 valence electrons. The number of carboxylic acid groups (broad SMARTS) is 1. The Balaban J connectivity index is 3.49. The molecule has 0 aliphatic rings. The average Bonchev–Trinajstić information content (AvgIpc) is 2.26. The molecule has 0 saturated heterocycles. The van der Waals surface area contributed by atoms with E-state index in [0.29, 0.717) is 6.29 Å². The number of aromatic carboxylic acids is 1. The molecule has 0 fully saturated rings. The smallest absolute Gasteiger partial charge is 0.339 e. The van der Waals surface area contributed by atoms with Gasteiger partial charge in [-0.05, 0) is 6.07 Å². The molecule has 6 nitrogen and oxygen atoms in total. The number of anilines is 1. The predicted molar refractivity (Wildman–Crippen MR) is 50.8 cm³/mol. The van der Waals surface area contributed by atoms with Crippen LogP contribution < -0.4 is 5.32 Å². The standard InChI is InChI=1S/C9H7N3O3/c1-11-8-6(9(14)15)2-5(3-10)7(4-13)12-8/h2,4H,1H3,(H,11,12)(H,14,15). The van der Waals surface area contributed by atoms with Crippen molar-refractivity contribution in [1.82, 2.24) is 4.98 Å². The quantitative estimate of drug-likeness (QED) is 0.696. The predicted octanol–water partition coefficient (Wildman–Crippen LogP) is 0.506. The van der Waals surface area contributed by atoms with Crippen LogP contribution in [0.5, 0.6) is 0 Å². The van der Waals surface area contributed by atoms with Gasteiger partial charge < -0.3 is 10.4 Å². The van der Waals surface area contributed by atoms with Gasteiger partial charge in [-0.1, -0.05) is 0 Å². The van der Waals surface area contributed by atoms with Crippen LogP contribution in [0.2, 0.25) is 0 Å². The summed E-state index contributed by atoms with van der Waals surface area (Å²) in [6, 6.07) is 2.82. The third kappa shape index (κ3) is 1.91. The zero-order chi connectivity index (χ0) is 11.4. The van der Waals surface area contributed by atoms with Crippen LogP contribution in [0.25, 0.3) is 0 Å². The van der Waals surface area contributed by atoms with Gasteiger partial charge in [0.15, 0.2) is 6.29 Å². The lowest BCUT2D eigenvalue weighted by Gasteiger charge is -2.05. The van der Waals surface area contributed by atoms with Gasteiger partial charge in [-0.3, -0.25) is 4.79 Å². The molecule has 0 radical (unpaired) electrons. The van der Waals surface area contributed by atoms with Gasteiger partial charge in [0, 0.05) is 7.05 Å². The Labute approximate surface area is 85.2 Å². The van der Waals surface area contributed by atoms with E-state index in [1.54, 1.807) is 6.07 Å². The van der Waals surface area contributed by atoms with E-state index < -0.39 is 5.97 Å². The lowest BCUT2D eigenvalue weighted by Crippen LogP contribution is -2.08. The number of pyridine rings is 1. The molecule has 0 amide bonds. The Morgan fingerprint density at radius 1 is 1.73 bits per heavy atom. The van der Waals surface area contributed by atoms with Gasteiger partial charge in [-0.15, -0.1) is 0 Å². The van der Waals surface area contributed by atoms with Crippen molar-refractivity contribution < 1.29 is 14.7 Å². The fourth-order valence-corrected chi connectivity index (χ4v) is 1.06. The van der Waals surface area contributed by atoms with E-state index in [2.05, 4.69) is 10.3 Å². The maximum Gasteiger partial charge on any atom is 0.339 e. The molecule has 0 aromatic carbocycles. The second kappa shape index (κ2) is 4.19. The molecule has 0 atom stereocenters. The molecule has 0 unspecified atom stereocenters. The largest absolute Gasteiger partial charge is 0.478 e. The Bertz CT molecular complexity index is 462. The van der Waals surface area contributed by atoms with E-state index in [1.165, 1.54) is 7.05 Å². The fraction of sp³-hybridized carbons (Fsp3) is 0.111. The van der Waals surface area contributed by atoms with Crippen LogP contribution in [0.1, 0.15) is 26.4 Å². The molecule has 1 rings (SSSR count). The van der Waals surface area contributed by atoms with Crippen LogP contribution >= 0.6 is 0 Å². The number of carboxylic acids is 1. The number of hydrogen-bond donors (Lipinski definition) is 2. The molecule has 0 aliphatic heterocycles. The van der Waals surface area contributed by atoms with Crippen molar-refractivity contribution in [3.63, 3.8) is 0 Å². The van der Waals surface area contributed by atoms with Gasteiger partial charge in [0.1, 0.15) is 23.1 Å². The summed E-state index contributed by atoms with van der Waals surface area (Å²) in [7, 11) is 1.48. The number of aldehydes is 1. The molecule has 15 heavy (non-hydrogen) atoms. The summed E-state index contributed by atoms with van der Waals surface area (Å²) in [5, 5.41) is 20.0. The number of nitrogens with one attached hydrogen (secondary N) is 1. The van der Waals surface area contributed by atoms with Crippen molar-refractivity contribution in [3.05, 3.63) is 22.9 Å². The monoisotopic (exact) mass is 205 g/mol. The van der Waals surface area contributed by atoms with Crippen molar-refractivity contribution in [1.29, 1.82) is 5.26 Å². The minimum atomic E-state index is -1.21. The molecule has 0 spiro atoms. The van der Waals surface area contributed by atoms with Gasteiger partial charge >= 0.3 is 5.97 Å².